The van der Waals surface area contributed by atoms with Gasteiger partial charge in [-0.15, -0.1) is 6.42 Å². The second kappa shape index (κ2) is 5.66. The van der Waals surface area contributed by atoms with Crippen LogP contribution in [0.5, 0.6) is 0 Å². The highest BCUT2D eigenvalue weighted by Crippen LogP contribution is 2.17. The average Bonchev–Trinajstić information content (AvgIpc) is 2.66. The number of nitrogens with one attached hydrogen (secondary N) is 2. The molecule has 0 aliphatic heterocycles. The third kappa shape index (κ3) is 3.39. The Bertz CT molecular complexity index is 226. The summed E-state index contributed by atoms with van der Waals surface area (Å²) in [7, 11) is 0. The minimum absolute atomic E-state index is 0.00477. The lowest BCUT2D eigenvalue weighted by Gasteiger charge is -2.17. The van der Waals surface area contributed by atoms with Crippen molar-refractivity contribution < 1.29 is 4.79 Å². The van der Waals surface area contributed by atoms with E-state index in [9.17, 15) is 4.79 Å². The lowest BCUT2D eigenvalue weighted by Crippen LogP contribution is -2.45. The first-order valence-electron chi connectivity index (χ1n) is 5.21. The molecule has 0 spiro atoms. The standard InChI is InChI=1S/C11H18N2O/c1-3-8-12-11(14)9(2)13-10-6-4-5-7-10/h1,9-10,13H,4-8H2,2H3,(H,12,14). The van der Waals surface area contributed by atoms with Crippen LogP contribution in [0.4, 0.5) is 0 Å². The van der Waals surface area contributed by atoms with E-state index in [4.69, 9.17) is 6.42 Å². The van der Waals surface area contributed by atoms with Gasteiger partial charge in [0.15, 0.2) is 0 Å². The number of hydrogen-bond acceptors (Lipinski definition) is 2. The van der Waals surface area contributed by atoms with E-state index >= 15 is 0 Å². The third-order valence-corrected chi connectivity index (χ3v) is 2.60. The van der Waals surface area contributed by atoms with Crippen LogP contribution >= 0.6 is 0 Å². The van der Waals surface area contributed by atoms with Crippen LogP contribution in [0.1, 0.15) is 32.6 Å². The van der Waals surface area contributed by atoms with Gasteiger partial charge in [0.05, 0.1) is 12.6 Å². The van der Waals surface area contributed by atoms with Crippen molar-refractivity contribution in [2.45, 2.75) is 44.7 Å². The van der Waals surface area contributed by atoms with E-state index < -0.39 is 0 Å². The first-order valence-corrected chi connectivity index (χ1v) is 5.21. The van der Waals surface area contributed by atoms with E-state index in [2.05, 4.69) is 16.6 Å². The Hall–Kier alpha value is -1.01. The van der Waals surface area contributed by atoms with Crippen molar-refractivity contribution >= 4 is 5.91 Å². The molecule has 0 heterocycles. The molecule has 0 aromatic heterocycles. The zero-order chi connectivity index (χ0) is 10.4. The van der Waals surface area contributed by atoms with Gasteiger partial charge >= 0.3 is 0 Å². The van der Waals surface area contributed by atoms with Crippen LogP contribution in [0.15, 0.2) is 0 Å². The Labute approximate surface area is 85.6 Å². The van der Waals surface area contributed by atoms with Crippen LogP contribution in [-0.4, -0.2) is 24.5 Å². The Balaban J connectivity index is 2.22. The minimum Gasteiger partial charge on any atom is -0.344 e. The van der Waals surface area contributed by atoms with Gasteiger partial charge in [0.25, 0.3) is 0 Å². The number of hydrogen-bond donors (Lipinski definition) is 2. The van der Waals surface area contributed by atoms with Crippen LogP contribution in [0.25, 0.3) is 0 Å². The summed E-state index contributed by atoms with van der Waals surface area (Å²) in [6.45, 7) is 2.19. The van der Waals surface area contributed by atoms with Crippen LogP contribution in [0, 0.1) is 12.3 Å². The van der Waals surface area contributed by atoms with Gasteiger partial charge < -0.3 is 10.6 Å². The van der Waals surface area contributed by atoms with Gasteiger partial charge in [-0.25, -0.2) is 0 Å². The summed E-state index contributed by atoms with van der Waals surface area (Å²) in [5, 5.41) is 5.98. The molecule has 1 fully saturated rings. The number of carbonyl (C=O) groups is 1. The fourth-order valence-electron chi connectivity index (χ4n) is 1.81. The molecule has 2 N–H and O–H groups in total. The molecule has 0 aromatic rings. The molecule has 0 bridgehead atoms. The number of terminal acetylenes is 1. The van der Waals surface area contributed by atoms with Gasteiger partial charge in [-0.2, -0.15) is 0 Å². The van der Waals surface area contributed by atoms with E-state index in [0.717, 1.165) is 0 Å². The summed E-state index contributed by atoms with van der Waals surface area (Å²) in [6, 6.07) is 0.382. The largest absolute Gasteiger partial charge is 0.344 e. The van der Waals surface area contributed by atoms with E-state index in [0.29, 0.717) is 12.6 Å². The third-order valence-electron chi connectivity index (χ3n) is 2.60. The summed E-state index contributed by atoms with van der Waals surface area (Å²) >= 11 is 0. The van der Waals surface area contributed by atoms with E-state index in [-0.39, 0.29) is 11.9 Å². The smallest absolute Gasteiger partial charge is 0.237 e. The fraction of sp³-hybridized carbons (Fsp3) is 0.727. The van der Waals surface area contributed by atoms with Crippen molar-refractivity contribution in [3.05, 3.63) is 0 Å². The lowest BCUT2D eigenvalue weighted by molar-refractivity contribution is -0.122. The summed E-state index contributed by atoms with van der Waals surface area (Å²) < 4.78 is 0. The number of rotatable bonds is 4. The molecule has 0 aromatic carbocycles. The molecule has 1 aliphatic rings. The number of carbonyl (C=O) groups excluding carboxylic acids is 1. The molecule has 0 saturated heterocycles. The molecule has 3 nitrogen and oxygen atoms in total. The monoisotopic (exact) mass is 194 g/mol. The molecule has 1 saturated carbocycles. The molecule has 1 unspecified atom stereocenters. The Kier molecular flexibility index (Phi) is 4.48. The second-order valence-electron chi connectivity index (χ2n) is 3.79. The maximum Gasteiger partial charge on any atom is 0.237 e. The Morgan fingerprint density at radius 2 is 2.21 bits per heavy atom. The zero-order valence-corrected chi connectivity index (χ0v) is 8.68. The van der Waals surface area contributed by atoms with Crippen LogP contribution in [0.2, 0.25) is 0 Å². The van der Waals surface area contributed by atoms with Crippen molar-refractivity contribution in [3.63, 3.8) is 0 Å². The summed E-state index contributed by atoms with van der Waals surface area (Å²) in [5.41, 5.74) is 0. The van der Waals surface area contributed by atoms with Crippen molar-refractivity contribution in [2.24, 2.45) is 0 Å². The molecule has 1 rings (SSSR count). The van der Waals surface area contributed by atoms with Crippen LogP contribution < -0.4 is 10.6 Å². The SMILES string of the molecule is C#CCNC(=O)C(C)NC1CCCC1. The molecule has 1 aliphatic carbocycles. The first-order chi connectivity index (χ1) is 6.74. The zero-order valence-electron chi connectivity index (χ0n) is 8.68. The quantitative estimate of drug-likeness (QED) is 0.645. The van der Waals surface area contributed by atoms with Crippen molar-refractivity contribution in [1.82, 2.24) is 10.6 Å². The van der Waals surface area contributed by atoms with Crippen molar-refractivity contribution in [3.8, 4) is 12.3 Å². The molecule has 14 heavy (non-hydrogen) atoms. The normalized spacial score (nSPS) is 18.9. The maximum atomic E-state index is 11.4. The van der Waals surface area contributed by atoms with E-state index in [1.165, 1.54) is 25.7 Å². The topological polar surface area (TPSA) is 41.1 Å². The van der Waals surface area contributed by atoms with Gasteiger partial charge in [0, 0.05) is 6.04 Å². The minimum atomic E-state index is -0.133. The summed E-state index contributed by atoms with van der Waals surface area (Å²) in [5.74, 6) is 2.38. The van der Waals surface area contributed by atoms with Gasteiger partial charge in [0.2, 0.25) is 5.91 Å². The van der Waals surface area contributed by atoms with E-state index in [1.807, 2.05) is 6.92 Å². The van der Waals surface area contributed by atoms with E-state index in [1.54, 1.807) is 0 Å². The average molecular weight is 194 g/mol. The van der Waals surface area contributed by atoms with Crippen LogP contribution in [-0.2, 0) is 4.79 Å². The van der Waals surface area contributed by atoms with Crippen molar-refractivity contribution in [1.29, 1.82) is 0 Å². The molecule has 1 atom stereocenters. The molecule has 78 valence electrons. The second-order valence-corrected chi connectivity index (χ2v) is 3.79. The number of amides is 1. The van der Waals surface area contributed by atoms with Gasteiger partial charge in [0.1, 0.15) is 0 Å². The predicted molar refractivity (Wildman–Crippen MR) is 56.7 cm³/mol. The first kappa shape index (κ1) is 11.1. The highest BCUT2D eigenvalue weighted by atomic mass is 16.2. The van der Waals surface area contributed by atoms with Gasteiger partial charge in [-0.1, -0.05) is 18.8 Å². The Morgan fingerprint density at radius 3 is 2.79 bits per heavy atom. The Morgan fingerprint density at radius 1 is 1.57 bits per heavy atom. The molecule has 3 heteroatoms. The highest BCUT2D eigenvalue weighted by Gasteiger charge is 2.19. The summed E-state index contributed by atoms with van der Waals surface area (Å²) in [6.07, 6.45) is 9.98. The lowest BCUT2D eigenvalue weighted by atomic mass is 10.2. The predicted octanol–water partition coefficient (Wildman–Crippen LogP) is 0.656. The van der Waals surface area contributed by atoms with Gasteiger partial charge in [-0.3, -0.25) is 4.79 Å². The van der Waals surface area contributed by atoms with Crippen molar-refractivity contribution in [2.75, 3.05) is 6.54 Å². The summed E-state index contributed by atoms with van der Waals surface area (Å²) in [4.78, 5) is 11.4. The molecule has 0 radical (unpaired) electrons. The molecular weight excluding hydrogens is 176 g/mol. The van der Waals surface area contributed by atoms with Crippen LogP contribution in [0.3, 0.4) is 0 Å². The highest BCUT2D eigenvalue weighted by molar-refractivity contribution is 5.81. The van der Waals surface area contributed by atoms with Gasteiger partial charge in [-0.05, 0) is 19.8 Å². The maximum absolute atomic E-state index is 11.4. The molecular formula is C11H18N2O. The fourth-order valence-corrected chi connectivity index (χ4v) is 1.81. The molecule has 1 amide bonds.